The number of nitrogens with zero attached hydrogens (tertiary/aromatic N) is 1. The van der Waals surface area contributed by atoms with Crippen LogP contribution in [0.2, 0.25) is 0 Å². The van der Waals surface area contributed by atoms with E-state index in [1.807, 2.05) is 25.1 Å². The Kier molecular flexibility index (Phi) is 4.85. The van der Waals surface area contributed by atoms with Crippen LogP contribution in [0.1, 0.15) is 25.1 Å². The van der Waals surface area contributed by atoms with E-state index in [1.165, 1.54) is 0 Å². The summed E-state index contributed by atoms with van der Waals surface area (Å²) in [4.78, 5) is 4.20. The first-order valence-electron chi connectivity index (χ1n) is 5.14. The van der Waals surface area contributed by atoms with E-state index in [-0.39, 0.29) is 11.8 Å². The molecule has 0 saturated heterocycles. The van der Waals surface area contributed by atoms with Gasteiger partial charge in [-0.25, -0.2) is 13.6 Å². The SMILES string of the molecule is CC(NCCCS(N)(=O)=O)c1ccccn1. The highest BCUT2D eigenvalue weighted by Gasteiger charge is 2.06. The lowest BCUT2D eigenvalue weighted by Gasteiger charge is -2.12. The summed E-state index contributed by atoms with van der Waals surface area (Å²) < 4.78 is 21.4. The minimum absolute atomic E-state index is 0.00887. The van der Waals surface area contributed by atoms with Crippen molar-refractivity contribution >= 4 is 10.0 Å². The average Bonchev–Trinajstić information content (AvgIpc) is 2.24. The third-order valence-electron chi connectivity index (χ3n) is 2.19. The lowest BCUT2D eigenvalue weighted by atomic mass is 10.2. The molecule has 0 fully saturated rings. The summed E-state index contributed by atoms with van der Waals surface area (Å²) in [6, 6.07) is 5.82. The molecule has 1 heterocycles. The maximum atomic E-state index is 10.7. The Hall–Kier alpha value is -0.980. The molecule has 1 unspecified atom stereocenters. The van der Waals surface area contributed by atoms with Gasteiger partial charge in [0.2, 0.25) is 10.0 Å². The number of primary sulfonamides is 1. The van der Waals surface area contributed by atoms with Crippen LogP contribution in [0.5, 0.6) is 0 Å². The Balaban J connectivity index is 2.29. The van der Waals surface area contributed by atoms with E-state index in [2.05, 4.69) is 10.3 Å². The van der Waals surface area contributed by atoms with E-state index in [9.17, 15) is 8.42 Å². The molecule has 90 valence electrons. The minimum Gasteiger partial charge on any atom is -0.309 e. The van der Waals surface area contributed by atoms with Gasteiger partial charge in [-0.05, 0) is 32.0 Å². The van der Waals surface area contributed by atoms with Crippen molar-refractivity contribution < 1.29 is 8.42 Å². The summed E-state index contributed by atoms with van der Waals surface area (Å²) in [5.41, 5.74) is 0.943. The molecule has 6 heteroatoms. The summed E-state index contributed by atoms with van der Waals surface area (Å²) in [6.07, 6.45) is 2.24. The Morgan fingerprint density at radius 1 is 1.50 bits per heavy atom. The molecule has 0 aliphatic heterocycles. The zero-order valence-corrected chi connectivity index (χ0v) is 10.1. The van der Waals surface area contributed by atoms with Crippen LogP contribution in [0.25, 0.3) is 0 Å². The van der Waals surface area contributed by atoms with E-state index in [0.717, 1.165) is 5.69 Å². The van der Waals surface area contributed by atoms with Gasteiger partial charge in [0.1, 0.15) is 0 Å². The molecule has 0 amide bonds. The van der Waals surface area contributed by atoms with Crippen LogP contribution in [-0.2, 0) is 10.0 Å². The van der Waals surface area contributed by atoms with Gasteiger partial charge in [-0.15, -0.1) is 0 Å². The summed E-state index contributed by atoms with van der Waals surface area (Å²) in [5.74, 6) is 0.00887. The van der Waals surface area contributed by atoms with Crippen LogP contribution >= 0.6 is 0 Å². The molecule has 0 bridgehead atoms. The molecule has 1 atom stereocenters. The summed E-state index contributed by atoms with van der Waals surface area (Å²) in [5, 5.41) is 8.08. The smallest absolute Gasteiger partial charge is 0.209 e. The molecular formula is C10H17N3O2S. The second-order valence-electron chi connectivity index (χ2n) is 3.65. The molecule has 0 aromatic carbocycles. The van der Waals surface area contributed by atoms with Crippen molar-refractivity contribution in [3.8, 4) is 0 Å². The van der Waals surface area contributed by atoms with Crippen LogP contribution in [0.4, 0.5) is 0 Å². The van der Waals surface area contributed by atoms with Crippen LogP contribution in [0.15, 0.2) is 24.4 Å². The maximum Gasteiger partial charge on any atom is 0.209 e. The molecule has 0 aliphatic carbocycles. The van der Waals surface area contributed by atoms with E-state index >= 15 is 0 Å². The first kappa shape index (κ1) is 13.1. The normalized spacial score (nSPS) is 13.6. The quantitative estimate of drug-likeness (QED) is 0.709. The number of rotatable bonds is 6. The van der Waals surface area contributed by atoms with Crippen molar-refractivity contribution in [1.29, 1.82) is 0 Å². The first-order valence-corrected chi connectivity index (χ1v) is 6.85. The van der Waals surface area contributed by atoms with E-state index in [4.69, 9.17) is 5.14 Å². The molecule has 16 heavy (non-hydrogen) atoms. The van der Waals surface area contributed by atoms with Gasteiger partial charge in [-0.3, -0.25) is 4.98 Å². The standard InChI is InChI=1S/C10H17N3O2S/c1-9(10-5-2-3-6-13-10)12-7-4-8-16(11,14)15/h2-3,5-6,9,12H,4,7-8H2,1H3,(H2,11,14,15). The van der Waals surface area contributed by atoms with Crippen LogP contribution in [-0.4, -0.2) is 25.7 Å². The van der Waals surface area contributed by atoms with Gasteiger partial charge >= 0.3 is 0 Å². The summed E-state index contributed by atoms with van der Waals surface area (Å²) >= 11 is 0. The third kappa shape index (κ3) is 5.20. The fourth-order valence-electron chi connectivity index (χ4n) is 1.33. The van der Waals surface area contributed by atoms with Gasteiger partial charge in [0.25, 0.3) is 0 Å². The third-order valence-corrected chi connectivity index (χ3v) is 3.05. The monoisotopic (exact) mass is 243 g/mol. The Labute approximate surface area is 96.1 Å². The van der Waals surface area contributed by atoms with Crippen molar-refractivity contribution in [2.75, 3.05) is 12.3 Å². The highest BCUT2D eigenvalue weighted by Crippen LogP contribution is 2.07. The van der Waals surface area contributed by atoms with E-state index in [1.54, 1.807) is 6.20 Å². The van der Waals surface area contributed by atoms with Gasteiger partial charge in [-0.2, -0.15) is 0 Å². The number of aromatic nitrogens is 1. The van der Waals surface area contributed by atoms with Gasteiger partial charge in [0, 0.05) is 12.2 Å². The molecular weight excluding hydrogens is 226 g/mol. The Morgan fingerprint density at radius 2 is 2.25 bits per heavy atom. The number of nitrogens with one attached hydrogen (secondary N) is 1. The molecule has 3 N–H and O–H groups in total. The topological polar surface area (TPSA) is 85.1 Å². The van der Waals surface area contributed by atoms with Gasteiger partial charge in [0.05, 0.1) is 11.4 Å². The predicted molar refractivity (Wildman–Crippen MR) is 63.2 cm³/mol. The maximum absolute atomic E-state index is 10.7. The van der Waals surface area contributed by atoms with Crippen molar-refractivity contribution in [3.05, 3.63) is 30.1 Å². The lowest BCUT2D eigenvalue weighted by molar-refractivity contribution is 0.551. The van der Waals surface area contributed by atoms with Crippen molar-refractivity contribution in [1.82, 2.24) is 10.3 Å². The number of nitrogens with two attached hydrogens (primary N) is 1. The second-order valence-corrected chi connectivity index (χ2v) is 5.38. The van der Waals surface area contributed by atoms with Crippen LogP contribution in [0, 0.1) is 0 Å². The highest BCUT2D eigenvalue weighted by atomic mass is 32.2. The fourth-order valence-corrected chi connectivity index (χ4v) is 1.88. The molecule has 1 rings (SSSR count). The van der Waals surface area contributed by atoms with Crippen molar-refractivity contribution in [2.45, 2.75) is 19.4 Å². The molecule has 5 nitrogen and oxygen atoms in total. The second kappa shape index (κ2) is 5.93. The Morgan fingerprint density at radius 3 is 2.81 bits per heavy atom. The number of sulfonamides is 1. The number of hydrogen-bond acceptors (Lipinski definition) is 4. The van der Waals surface area contributed by atoms with Gasteiger partial charge in [-0.1, -0.05) is 6.07 Å². The zero-order chi connectivity index (χ0) is 12.0. The van der Waals surface area contributed by atoms with Gasteiger partial charge < -0.3 is 5.32 Å². The Bertz CT molecular complexity index is 405. The fraction of sp³-hybridized carbons (Fsp3) is 0.500. The first-order chi connectivity index (χ1) is 7.49. The summed E-state index contributed by atoms with van der Waals surface area (Å²) in [6.45, 7) is 2.59. The van der Waals surface area contributed by atoms with Crippen molar-refractivity contribution in [2.24, 2.45) is 5.14 Å². The molecule has 0 spiro atoms. The van der Waals surface area contributed by atoms with E-state index in [0.29, 0.717) is 13.0 Å². The van der Waals surface area contributed by atoms with E-state index < -0.39 is 10.0 Å². The summed E-state index contributed by atoms with van der Waals surface area (Å²) in [7, 11) is -3.34. The lowest BCUT2D eigenvalue weighted by Crippen LogP contribution is -2.24. The number of hydrogen-bond donors (Lipinski definition) is 2. The number of pyridine rings is 1. The largest absolute Gasteiger partial charge is 0.309 e. The minimum atomic E-state index is -3.34. The molecule has 0 radical (unpaired) electrons. The van der Waals surface area contributed by atoms with Crippen molar-refractivity contribution in [3.63, 3.8) is 0 Å². The molecule has 1 aromatic rings. The van der Waals surface area contributed by atoms with Crippen LogP contribution < -0.4 is 10.5 Å². The average molecular weight is 243 g/mol. The highest BCUT2D eigenvalue weighted by molar-refractivity contribution is 7.89. The molecule has 0 aliphatic rings. The predicted octanol–water partition coefficient (Wildman–Crippen LogP) is 0.411. The zero-order valence-electron chi connectivity index (χ0n) is 9.26. The van der Waals surface area contributed by atoms with Crippen LogP contribution in [0.3, 0.4) is 0 Å². The molecule has 1 aromatic heterocycles. The molecule has 0 saturated carbocycles. The van der Waals surface area contributed by atoms with Gasteiger partial charge in [0.15, 0.2) is 0 Å².